The van der Waals surface area contributed by atoms with Crippen LogP contribution in [0.1, 0.15) is 47.2 Å². The summed E-state index contributed by atoms with van der Waals surface area (Å²) in [5.41, 5.74) is 3.20. The standard InChI is InChI=1S/C23H26ClN5O2S/c1-5-29-21(16(4)25-22(31)17-11-9-14(2)10-12-17)27-28-23(29)32-13-20(30)26-19-8-6-7-18(24)15(19)3/h6-12,16H,5,13H2,1-4H3,(H,25,31)(H,26,30)/t16-/m1/s1. The lowest BCUT2D eigenvalue weighted by Crippen LogP contribution is -2.28. The first-order valence-corrected chi connectivity index (χ1v) is 11.6. The summed E-state index contributed by atoms with van der Waals surface area (Å²) in [6.45, 7) is 8.29. The molecule has 0 aliphatic heterocycles. The van der Waals surface area contributed by atoms with E-state index in [1.54, 1.807) is 24.3 Å². The number of amides is 2. The number of halogens is 1. The Kier molecular flexibility index (Phi) is 7.93. The molecule has 168 valence electrons. The van der Waals surface area contributed by atoms with Crippen LogP contribution in [0.4, 0.5) is 5.69 Å². The average Bonchev–Trinajstić information content (AvgIpc) is 3.19. The largest absolute Gasteiger partial charge is 0.342 e. The van der Waals surface area contributed by atoms with Crippen LogP contribution in [0.25, 0.3) is 0 Å². The average molecular weight is 472 g/mol. The number of nitrogens with zero attached hydrogens (tertiary/aromatic N) is 3. The second-order valence-electron chi connectivity index (χ2n) is 7.40. The molecule has 0 spiro atoms. The zero-order chi connectivity index (χ0) is 23.3. The number of hydrogen-bond donors (Lipinski definition) is 2. The molecule has 2 N–H and O–H groups in total. The van der Waals surface area contributed by atoms with Crippen molar-refractivity contribution in [1.82, 2.24) is 20.1 Å². The fourth-order valence-corrected chi connectivity index (χ4v) is 4.12. The van der Waals surface area contributed by atoms with Crippen molar-refractivity contribution in [2.24, 2.45) is 0 Å². The fraction of sp³-hybridized carbons (Fsp3) is 0.304. The quantitative estimate of drug-likeness (QED) is 0.461. The number of aryl methyl sites for hydroxylation is 1. The van der Waals surface area contributed by atoms with Gasteiger partial charge < -0.3 is 15.2 Å². The highest BCUT2D eigenvalue weighted by atomic mass is 35.5. The summed E-state index contributed by atoms with van der Waals surface area (Å²) in [4.78, 5) is 25.0. The van der Waals surface area contributed by atoms with Crippen molar-refractivity contribution in [3.63, 3.8) is 0 Å². The van der Waals surface area contributed by atoms with Crippen LogP contribution in [0.5, 0.6) is 0 Å². The maximum Gasteiger partial charge on any atom is 0.251 e. The lowest BCUT2D eigenvalue weighted by Gasteiger charge is -2.15. The number of carbonyl (C=O) groups excluding carboxylic acids is 2. The molecule has 2 aromatic carbocycles. The van der Waals surface area contributed by atoms with Crippen LogP contribution in [0.15, 0.2) is 47.6 Å². The molecule has 1 aromatic heterocycles. The molecule has 0 radical (unpaired) electrons. The molecule has 0 saturated carbocycles. The number of carbonyl (C=O) groups is 2. The number of aromatic nitrogens is 3. The Labute approximate surface area is 197 Å². The summed E-state index contributed by atoms with van der Waals surface area (Å²) in [6, 6.07) is 12.4. The van der Waals surface area contributed by atoms with Crippen LogP contribution in [0, 0.1) is 13.8 Å². The normalized spacial score (nSPS) is 11.8. The van der Waals surface area contributed by atoms with Crippen molar-refractivity contribution in [1.29, 1.82) is 0 Å². The third kappa shape index (κ3) is 5.69. The predicted molar refractivity (Wildman–Crippen MR) is 128 cm³/mol. The molecule has 9 heteroatoms. The molecule has 0 fully saturated rings. The van der Waals surface area contributed by atoms with E-state index in [0.29, 0.717) is 33.8 Å². The molecule has 1 atom stereocenters. The van der Waals surface area contributed by atoms with Gasteiger partial charge in [-0.1, -0.05) is 47.1 Å². The molecular formula is C23H26ClN5O2S. The Hall–Kier alpha value is -2.84. The van der Waals surface area contributed by atoms with E-state index in [1.807, 2.05) is 50.5 Å². The van der Waals surface area contributed by atoms with E-state index in [1.165, 1.54) is 11.8 Å². The van der Waals surface area contributed by atoms with Crippen molar-refractivity contribution < 1.29 is 9.59 Å². The second-order valence-corrected chi connectivity index (χ2v) is 8.75. The molecule has 0 bridgehead atoms. The van der Waals surface area contributed by atoms with E-state index < -0.39 is 0 Å². The summed E-state index contributed by atoms with van der Waals surface area (Å²) in [7, 11) is 0. The monoisotopic (exact) mass is 471 g/mol. The van der Waals surface area contributed by atoms with Crippen molar-refractivity contribution in [2.75, 3.05) is 11.1 Å². The van der Waals surface area contributed by atoms with Crippen LogP contribution in [-0.4, -0.2) is 32.3 Å². The summed E-state index contributed by atoms with van der Waals surface area (Å²) >= 11 is 7.41. The summed E-state index contributed by atoms with van der Waals surface area (Å²) in [5.74, 6) is 0.484. The highest BCUT2D eigenvalue weighted by Crippen LogP contribution is 2.24. The first kappa shape index (κ1) is 23.8. The maximum absolute atomic E-state index is 12.6. The zero-order valence-corrected chi connectivity index (χ0v) is 20.0. The van der Waals surface area contributed by atoms with Gasteiger partial charge in [-0.25, -0.2) is 0 Å². The molecular weight excluding hydrogens is 446 g/mol. The van der Waals surface area contributed by atoms with Gasteiger partial charge in [0, 0.05) is 22.8 Å². The molecule has 0 unspecified atom stereocenters. The number of thioether (sulfide) groups is 1. The maximum atomic E-state index is 12.6. The lowest BCUT2D eigenvalue weighted by atomic mass is 10.1. The van der Waals surface area contributed by atoms with Gasteiger partial charge in [0.15, 0.2) is 11.0 Å². The molecule has 7 nitrogen and oxygen atoms in total. The van der Waals surface area contributed by atoms with E-state index >= 15 is 0 Å². The first-order chi connectivity index (χ1) is 15.3. The molecule has 0 aliphatic rings. The van der Waals surface area contributed by atoms with E-state index in [0.717, 1.165) is 11.1 Å². The third-order valence-electron chi connectivity index (χ3n) is 4.98. The molecule has 3 rings (SSSR count). The van der Waals surface area contributed by atoms with Gasteiger partial charge in [-0.2, -0.15) is 0 Å². The minimum atomic E-state index is -0.339. The SMILES string of the molecule is CCn1c(SCC(=O)Nc2cccc(Cl)c2C)nnc1[C@@H](C)NC(=O)c1ccc(C)cc1. The van der Waals surface area contributed by atoms with Gasteiger partial charge in [-0.05, 0) is 57.5 Å². The van der Waals surface area contributed by atoms with Gasteiger partial charge in [0.2, 0.25) is 5.91 Å². The molecule has 3 aromatic rings. The van der Waals surface area contributed by atoms with Crippen LogP contribution in [-0.2, 0) is 11.3 Å². The van der Waals surface area contributed by atoms with Gasteiger partial charge in [-0.3, -0.25) is 9.59 Å². The summed E-state index contributed by atoms with van der Waals surface area (Å²) in [6.07, 6.45) is 0. The van der Waals surface area contributed by atoms with Gasteiger partial charge >= 0.3 is 0 Å². The molecule has 0 saturated heterocycles. The van der Waals surface area contributed by atoms with Crippen LogP contribution < -0.4 is 10.6 Å². The summed E-state index contributed by atoms with van der Waals surface area (Å²) < 4.78 is 1.91. The minimum absolute atomic E-state index is 0.159. The lowest BCUT2D eigenvalue weighted by molar-refractivity contribution is -0.113. The van der Waals surface area contributed by atoms with Crippen LogP contribution >= 0.6 is 23.4 Å². The number of rotatable bonds is 8. The topological polar surface area (TPSA) is 88.9 Å². The smallest absolute Gasteiger partial charge is 0.251 e. The molecule has 32 heavy (non-hydrogen) atoms. The van der Waals surface area contributed by atoms with Crippen LogP contribution in [0.3, 0.4) is 0 Å². The Morgan fingerprint density at radius 1 is 1.12 bits per heavy atom. The Balaban J connectivity index is 1.63. The number of hydrogen-bond acceptors (Lipinski definition) is 5. The van der Waals surface area contributed by atoms with E-state index in [2.05, 4.69) is 20.8 Å². The zero-order valence-electron chi connectivity index (χ0n) is 18.5. The number of nitrogens with one attached hydrogen (secondary N) is 2. The van der Waals surface area contributed by atoms with Crippen molar-refractivity contribution in [3.8, 4) is 0 Å². The first-order valence-electron chi connectivity index (χ1n) is 10.3. The fourth-order valence-electron chi connectivity index (χ4n) is 3.13. The highest BCUT2D eigenvalue weighted by Gasteiger charge is 2.20. The second kappa shape index (κ2) is 10.7. The van der Waals surface area contributed by atoms with E-state index in [-0.39, 0.29) is 23.6 Å². The highest BCUT2D eigenvalue weighted by molar-refractivity contribution is 7.99. The predicted octanol–water partition coefficient (Wildman–Crippen LogP) is 4.79. The van der Waals surface area contributed by atoms with Gasteiger partial charge in [0.25, 0.3) is 5.91 Å². The van der Waals surface area contributed by atoms with Gasteiger partial charge in [0.1, 0.15) is 0 Å². The number of benzene rings is 2. The Morgan fingerprint density at radius 2 is 1.84 bits per heavy atom. The van der Waals surface area contributed by atoms with Crippen molar-refractivity contribution >= 4 is 40.9 Å². The number of anilines is 1. The third-order valence-corrected chi connectivity index (χ3v) is 6.36. The molecule has 0 aliphatic carbocycles. The van der Waals surface area contributed by atoms with E-state index in [4.69, 9.17) is 11.6 Å². The van der Waals surface area contributed by atoms with Crippen molar-refractivity contribution in [3.05, 3.63) is 70.0 Å². The molecule has 1 heterocycles. The molecule has 2 amide bonds. The van der Waals surface area contributed by atoms with Gasteiger partial charge in [0.05, 0.1) is 11.8 Å². The van der Waals surface area contributed by atoms with Gasteiger partial charge in [-0.15, -0.1) is 10.2 Å². The Bertz CT molecular complexity index is 1110. The Morgan fingerprint density at radius 3 is 2.53 bits per heavy atom. The van der Waals surface area contributed by atoms with E-state index in [9.17, 15) is 9.59 Å². The van der Waals surface area contributed by atoms with Crippen LogP contribution in [0.2, 0.25) is 5.02 Å². The van der Waals surface area contributed by atoms with Crippen molar-refractivity contribution in [2.45, 2.75) is 45.4 Å². The summed E-state index contributed by atoms with van der Waals surface area (Å²) in [5, 5.41) is 15.6. The minimum Gasteiger partial charge on any atom is -0.342 e.